The molecule has 1 aliphatic heterocycles. The molecule has 0 aromatic heterocycles. The van der Waals surface area contributed by atoms with Gasteiger partial charge in [-0.2, -0.15) is 0 Å². The second-order valence-electron chi connectivity index (χ2n) is 5.97. The molecule has 4 heteroatoms. The van der Waals surface area contributed by atoms with E-state index >= 15 is 0 Å². The number of rotatable bonds is 2. The van der Waals surface area contributed by atoms with Crippen molar-refractivity contribution in [3.05, 3.63) is 62.5 Å². The molecule has 110 valence electrons. The third-order valence-corrected chi connectivity index (χ3v) is 4.59. The highest BCUT2D eigenvalue weighted by atomic mass is 127. The van der Waals surface area contributed by atoms with Crippen LogP contribution in [0.1, 0.15) is 36.6 Å². The number of aliphatic hydroxyl groups excluding tert-OH is 1. The minimum absolute atomic E-state index is 0.198. The lowest BCUT2D eigenvalue weighted by Crippen LogP contribution is -2.24. The van der Waals surface area contributed by atoms with Crippen molar-refractivity contribution in [3.8, 4) is 5.75 Å². The first-order chi connectivity index (χ1) is 9.85. The van der Waals surface area contributed by atoms with Crippen molar-refractivity contribution in [2.45, 2.75) is 32.0 Å². The van der Waals surface area contributed by atoms with E-state index in [4.69, 9.17) is 4.74 Å². The van der Waals surface area contributed by atoms with Crippen molar-refractivity contribution >= 4 is 22.6 Å². The van der Waals surface area contributed by atoms with Gasteiger partial charge in [-0.15, -0.1) is 0 Å². The Morgan fingerprint density at radius 1 is 1.24 bits per heavy atom. The van der Waals surface area contributed by atoms with Gasteiger partial charge in [0, 0.05) is 9.99 Å². The third-order valence-electron chi connectivity index (χ3n) is 3.66. The molecule has 0 saturated carbocycles. The molecule has 0 spiro atoms. The van der Waals surface area contributed by atoms with Crippen LogP contribution in [0, 0.1) is 9.39 Å². The Morgan fingerprint density at radius 3 is 2.71 bits per heavy atom. The molecule has 2 aromatic rings. The Hall–Kier alpha value is -1.14. The Balaban J connectivity index is 1.95. The monoisotopic (exact) mass is 398 g/mol. The lowest BCUT2D eigenvalue weighted by molar-refractivity contribution is 0.138. The lowest BCUT2D eigenvalue weighted by Gasteiger charge is -2.16. The second-order valence-corrected chi connectivity index (χ2v) is 7.14. The molecule has 0 fully saturated rings. The number of aliphatic hydroxyl groups is 1. The zero-order valence-corrected chi connectivity index (χ0v) is 14.0. The van der Waals surface area contributed by atoms with Crippen LogP contribution in [0.3, 0.4) is 0 Å². The first-order valence-corrected chi connectivity index (χ1v) is 7.88. The molecular weight excluding hydrogens is 382 g/mol. The lowest BCUT2D eigenvalue weighted by atomic mass is 9.96. The highest BCUT2D eigenvalue weighted by Crippen LogP contribution is 2.37. The SMILES string of the molecule is CC1(C)Cc2cc(C(O)c3ccc(F)cc3I)ccc2O1. The van der Waals surface area contributed by atoms with Crippen LogP contribution >= 0.6 is 22.6 Å². The van der Waals surface area contributed by atoms with Crippen molar-refractivity contribution in [3.63, 3.8) is 0 Å². The molecule has 0 aliphatic carbocycles. The molecular formula is C17H16FIO2. The standard InChI is InChI=1S/C17H16FIO2/c1-17(2)9-11-7-10(3-6-15(11)21-17)16(20)13-5-4-12(18)8-14(13)19/h3-8,16,20H,9H2,1-2H3. The highest BCUT2D eigenvalue weighted by molar-refractivity contribution is 14.1. The van der Waals surface area contributed by atoms with Crippen LogP contribution in [0.4, 0.5) is 4.39 Å². The molecule has 2 nitrogen and oxygen atoms in total. The summed E-state index contributed by atoms with van der Waals surface area (Å²) >= 11 is 2.05. The molecule has 21 heavy (non-hydrogen) atoms. The minimum atomic E-state index is -0.758. The maximum atomic E-state index is 13.2. The van der Waals surface area contributed by atoms with Gasteiger partial charge in [-0.3, -0.25) is 0 Å². The Labute approximate surface area is 137 Å². The smallest absolute Gasteiger partial charge is 0.124 e. The minimum Gasteiger partial charge on any atom is -0.487 e. The normalized spacial score (nSPS) is 17.2. The van der Waals surface area contributed by atoms with E-state index in [1.807, 2.05) is 54.6 Å². The first kappa shape index (κ1) is 14.8. The fourth-order valence-electron chi connectivity index (χ4n) is 2.70. The van der Waals surface area contributed by atoms with Crippen LogP contribution in [0.5, 0.6) is 5.75 Å². The number of halogens is 2. The Kier molecular flexibility index (Phi) is 3.69. The van der Waals surface area contributed by atoms with Gasteiger partial charge in [-0.1, -0.05) is 12.1 Å². The molecule has 0 amide bonds. The maximum Gasteiger partial charge on any atom is 0.124 e. The van der Waals surface area contributed by atoms with Gasteiger partial charge in [-0.05, 0) is 77.4 Å². The van der Waals surface area contributed by atoms with E-state index in [1.54, 1.807) is 6.07 Å². The molecule has 1 aliphatic rings. The summed E-state index contributed by atoms with van der Waals surface area (Å²) in [5.41, 5.74) is 2.43. The zero-order valence-electron chi connectivity index (χ0n) is 11.9. The molecule has 1 unspecified atom stereocenters. The van der Waals surface area contributed by atoms with E-state index in [1.165, 1.54) is 12.1 Å². The fraction of sp³-hybridized carbons (Fsp3) is 0.294. The predicted molar refractivity (Wildman–Crippen MR) is 88.0 cm³/mol. The number of fused-ring (bicyclic) bond motifs is 1. The quantitative estimate of drug-likeness (QED) is 0.768. The zero-order chi connectivity index (χ0) is 15.2. The summed E-state index contributed by atoms with van der Waals surface area (Å²) in [7, 11) is 0. The highest BCUT2D eigenvalue weighted by Gasteiger charge is 2.30. The van der Waals surface area contributed by atoms with E-state index in [-0.39, 0.29) is 11.4 Å². The van der Waals surface area contributed by atoms with E-state index in [0.29, 0.717) is 0 Å². The third kappa shape index (κ3) is 2.92. The van der Waals surface area contributed by atoms with Crippen LogP contribution < -0.4 is 4.74 Å². The van der Waals surface area contributed by atoms with Crippen LogP contribution in [0.15, 0.2) is 36.4 Å². The van der Waals surface area contributed by atoms with E-state index < -0.39 is 6.10 Å². The van der Waals surface area contributed by atoms with Crippen molar-refractivity contribution in [1.82, 2.24) is 0 Å². The fourth-order valence-corrected chi connectivity index (χ4v) is 3.47. The molecule has 1 atom stereocenters. The Morgan fingerprint density at radius 2 is 2.00 bits per heavy atom. The second kappa shape index (κ2) is 5.25. The van der Waals surface area contributed by atoms with Gasteiger partial charge in [0.15, 0.2) is 0 Å². The van der Waals surface area contributed by atoms with E-state index in [0.717, 1.165) is 32.4 Å². The summed E-state index contributed by atoms with van der Waals surface area (Å²) in [6.07, 6.45) is 0.0650. The number of benzene rings is 2. The average molecular weight is 398 g/mol. The van der Waals surface area contributed by atoms with Gasteiger partial charge in [0.25, 0.3) is 0 Å². The number of ether oxygens (including phenoxy) is 1. The van der Waals surface area contributed by atoms with Gasteiger partial charge in [0.1, 0.15) is 23.3 Å². The summed E-state index contributed by atoms with van der Waals surface area (Å²) < 4.78 is 19.7. The van der Waals surface area contributed by atoms with Crippen LogP contribution in [0.25, 0.3) is 0 Å². The molecule has 0 bridgehead atoms. The van der Waals surface area contributed by atoms with E-state index in [9.17, 15) is 9.50 Å². The molecule has 3 rings (SSSR count). The molecule has 0 saturated heterocycles. The van der Waals surface area contributed by atoms with Gasteiger partial charge in [-0.25, -0.2) is 4.39 Å². The van der Waals surface area contributed by atoms with E-state index in [2.05, 4.69) is 0 Å². The number of hydrogen-bond donors (Lipinski definition) is 1. The van der Waals surface area contributed by atoms with Gasteiger partial charge in [0.2, 0.25) is 0 Å². The molecule has 1 N–H and O–H groups in total. The van der Waals surface area contributed by atoms with Crippen LogP contribution in [0.2, 0.25) is 0 Å². The van der Waals surface area contributed by atoms with Gasteiger partial charge < -0.3 is 9.84 Å². The number of hydrogen-bond acceptors (Lipinski definition) is 2. The summed E-state index contributed by atoms with van der Waals surface area (Å²) in [5, 5.41) is 10.6. The summed E-state index contributed by atoms with van der Waals surface area (Å²) in [5.74, 6) is 0.587. The molecule has 0 radical (unpaired) electrons. The largest absolute Gasteiger partial charge is 0.487 e. The van der Waals surface area contributed by atoms with Crippen LogP contribution in [-0.2, 0) is 6.42 Å². The van der Waals surface area contributed by atoms with Crippen molar-refractivity contribution in [2.24, 2.45) is 0 Å². The summed E-state index contributed by atoms with van der Waals surface area (Å²) in [6, 6.07) is 10.2. The van der Waals surface area contributed by atoms with Crippen molar-refractivity contribution in [2.75, 3.05) is 0 Å². The summed E-state index contributed by atoms with van der Waals surface area (Å²) in [4.78, 5) is 0. The van der Waals surface area contributed by atoms with Crippen molar-refractivity contribution < 1.29 is 14.2 Å². The maximum absolute atomic E-state index is 13.2. The first-order valence-electron chi connectivity index (χ1n) is 6.80. The topological polar surface area (TPSA) is 29.5 Å². The van der Waals surface area contributed by atoms with Gasteiger partial charge in [0.05, 0.1) is 0 Å². The summed E-state index contributed by atoms with van der Waals surface area (Å²) in [6.45, 7) is 4.10. The van der Waals surface area contributed by atoms with Gasteiger partial charge >= 0.3 is 0 Å². The predicted octanol–water partition coefficient (Wildman–Crippen LogP) is 4.23. The molecule has 2 aromatic carbocycles. The van der Waals surface area contributed by atoms with Crippen LogP contribution in [-0.4, -0.2) is 10.7 Å². The van der Waals surface area contributed by atoms with Crippen molar-refractivity contribution in [1.29, 1.82) is 0 Å². The Bertz CT molecular complexity index is 697. The molecule has 1 heterocycles. The average Bonchev–Trinajstić information content (AvgIpc) is 2.70.